The van der Waals surface area contributed by atoms with Gasteiger partial charge in [-0.2, -0.15) is 0 Å². The zero-order valence-corrected chi connectivity index (χ0v) is 15.5. The average molecular weight is 340 g/mol. The molecule has 1 fully saturated rings. The van der Waals surface area contributed by atoms with Gasteiger partial charge in [-0.15, -0.1) is 0 Å². The van der Waals surface area contributed by atoms with Gasteiger partial charge >= 0.3 is 5.97 Å². The highest BCUT2D eigenvalue weighted by molar-refractivity contribution is 5.78. The van der Waals surface area contributed by atoms with E-state index < -0.39 is 11.6 Å². The lowest BCUT2D eigenvalue weighted by Crippen LogP contribution is -2.14. The molecule has 0 spiro atoms. The number of methoxy groups -OCH3 is 1. The molecule has 1 saturated carbocycles. The van der Waals surface area contributed by atoms with Crippen molar-refractivity contribution in [3.05, 3.63) is 33.9 Å². The van der Waals surface area contributed by atoms with E-state index in [2.05, 4.69) is 0 Å². The molecule has 134 valence electrons. The normalized spacial score (nSPS) is 18.5. The minimum atomic E-state index is -0.641. The summed E-state index contributed by atoms with van der Waals surface area (Å²) >= 11 is 0. The van der Waals surface area contributed by atoms with Crippen molar-refractivity contribution >= 4 is 5.97 Å². The van der Waals surface area contributed by atoms with Gasteiger partial charge in [-0.3, -0.25) is 4.79 Å². The summed E-state index contributed by atoms with van der Waals surface area (Å²) < 4.78 is 39.0. The molecule has 0 aliphatic heterocycles. The van der Waals surface area contributed by atoms with Crippen molar-refractivity contribution in [1.82, 2.24) is 0 Å². The van der Waals surface area contributed by atoms with Crippen LogP contribution in [-0.2, 0) is 27.5 Å². The fraction of sp³-hybridized carbons (Fsp3) is 0.632. The molecule has 5 heteroatoms. The fourth-order valence-corrected chi connectivity index (χ4v) is 3.60. The van der Waals surface area contributed by atoms with Crippen molar-refractivity contribution in [2.75, 3.05) is 7.11 Å². The van der Waals surface area contributed by atoms with Crippen molar-refractivity contribution in [3.8, 4) is 0 Å². The molecule has 2 rings (SSSR count). The summed E-state index contributed by atoms with van der Waals surface area (Å²) in [6, 6.07) is 0. The maximum atomic E-state index is 14.4. The molecule has 1 aromatic carbocycles. The van der Waals surface area contributed by atoms with Gasteiger partial charge in [-0.05, 0) is 35.8 Å². The Hall–Kier alpha value is -1.49. The lowest BCUT2D eigenvalue weighted by atomic mass is 9.98. The molecule has 0 radical (unpaired) electrons. The largest absolute Gasteiger partial charge is 0.461 e. The number of ether oxygens (including phenoxy) is 2. The Morgan fingerprint density at radius 1 is 0.958 bits per heavy atom. The average Bonchev–Trinajstić information content (AvgIpc) is 2.91. The van der Waals surface area contributed by atoms with Gasteiger partial charge < -0.3 is 9.47 Å². The van der Waals surface area contributed by atoms with Crippen LogP contribution in [0.15, 0.2) is 0 Å². The van der Waals surface area contributed by atoms with E-state index >= 15 is 0 Å². The van der Waals surface area contributed by atoms with Crippen molar-refractivity contribution < 1.29 is 23.0 Å². The first-order valence-corrected chi connectivity index (χ1v) is 8.09. The molecule has 0 unspecified atom stereocenters. The number of hydrogen-bond donors (Lipinski definition) is 0. The molecule has 3 nitrogen and oxygen atoms in total. The molecule has 1 aliphatic carbocycles. The van der Waals surface area contributed by atoms with Crippen molar-refractivity contribution in [2.24, 2.45) is 16.7 Å². The number of benzene rings is 1. The first-order valence-electron chi connectivity index (χ1n) is 8.09. The van der Waals surface area contributed by atoms with Gasteiger partial charge in [0.05, 0.1) is 12.5 Å². The van der Waals surface area contributed by atoms with E-state index in [0.29, 0.717) is 16.7 Å². The smallest absolute Gasteiger partial charge is 0.310 e. The van der Waals surface area contributed by atoms with Crippen LogP contribution in [0.1, 0.15) is 49.9 Å². The van der Waals surface area contributed by atoms with E-state index in [0.717, 1.165) is 0 Å². The molecule has 0 amide bonds. The SMILES string of the molecule is COCc1c(F)c(C)c(COC(=O)C2C(C)(C)C2(C)C)c(C)c1F. The highest BCUT2D eigenvalue weighted by atomic mass is 19.1. The summed E-state index contributed by atoms with van der Waals surface area (Å²) in [5, 5.41) is 0. The van der Waals surface area contributed by atoms with E-state index in [-0.39, 0.29) is 41.5 Å². The van der Waals surface area contributed by atoms with Gasteiger partial charge in [0, 0.05) is 18.2 Å². The van der Waals surface area contributed by atoms with Crippen molar-refractivity contribution in [2.45, 2.75) is 54.8 Å². The minimum absolute atomic E-state index is 0.0907. The van der Waals surface area contributed by atoms with Crippen molar-refractivity contribution in [3.63, 3.8) is 0 Å². The monoisotopic (exact) mass is 340 g/mol. The molecule has 0 saturated heterocycles. The third kappa shape index (κ3) is 2.73. The Morgan fingerprint density at radius 3 is 1.79 bits per heavy atom. The fourth-order valence-electron chi connectivity index (χ4n) is 3.60. The number of esters is 1. The summed E-state index contributed by atoms with van der Waals surface area (Å²) in [5.74, 6) is -1.80. The van der Waals surface area contributed by atoms with E-state index in [1.165, 1.54) is 7.11 Å². The van der Waals surface area contributed by atoms with Gasteiger partial charge in [0.1, 0.15) is 18.2 Å². The molecule has 1 aromatic rings. The highest BCUT2D eigenvalue weighted by Crippen LogP contribution is 2.68. The van der Waals surface area contributed by atoms with E-state index in [4.69, 9.17) is 9.47 Å². The topological polar surface area (TPSA) is 35.5 Å². The maximum absolute atomic E-state index is 14.4. The van der Waals surface area contributed by atoms with Crippen LogP contribution in [-0.4, -0.2) is 13.1 Å². The quantitative estimate of drug-likeness (QED) is 0.743. The number of halogens is 2. The second kappa shape index (κ2) is 6.10. The second-order valence-electron chi connectivity index (χ2n) is 7.75. The van der Waals surface area contributed by atoms with Gasteiger partial charge in [0.2, 0.25) is 0 Å². The molecule has 0 heterocycles. The predicted octanol–water partition coefficient (Wildman–Crippen LogP) is 4.45. The molecule has 24 heavy (non-hydrogen) atoms. The van der Waals surface area contributed by atoms with Gasteiger partial charge in [0.15, 0.2) is 0 Å². The van der Waals surface area contributed by atoms with E-state index in [1.807, 2.05) is 27.7 Å². The van der Waals surface area contributed by atoms with Crippen LogP contribution in [0.5, 0.6) is 0 Å². The standard InChI is InChI=1S/C19H26F2O3/c1-10-12(11(2)15(21)13(8-23-7)14(10)20)9-24-17(22)16-18(3,4)19(16,5)6/h16H,8-9H2,1-7H3. The Bertz CT molecular complexity index is 635. The number of carbonyl (C=O) groups excluding carboxylic acids is 1. The molecule has 0 N–H and O–H groups in total. The molecular formula is C19H26F2O3. The minimum Gasteiger partial charge on any atom is -0.461 e. The molecule has 0 aromatic heterocycles. The number of carbonyl (C=O) groups is 1. The lowest BCUT2D eigenvalue weighted by Gasteiger charge is -2.16. The molecule has 0 atom stereocenters. The van der Waals surface area contributed by atoms with Gasteiger partial charge in [-0.25, -0.2) is 8.78 Å². The first-order chi connectivity index (χ1) is 11.0. The molecular weight excluding hydrogens is 314 g/mol. The molecule has 0 bridgehead atoms. The van der Waals surface area contributed by atoms with Crippen LogP contribution >= 0.6 is 0 Å². The Kier molecular flexibility index (Phi) is 4.79. The Labute approximate surface area is 142 Å². The van der Waals surface area contributed by atoms with Crippen LogP contribution in [0, 0.1) is 42.2 Å². The predicted molar refractivity (Wildman–Crippen MR) is 87.4 cm³/mol. The Balaban J connectivity index is 2.21. The highest BCUT2D eigenvalue weighted by Gasteiger charge is 2.69. The number of rotatable bonds is 5. The van der Waals surface area contributed by atoms with Crippen molar-refractivity contribution in [1.29, 1.82) is 0 Å². The summed E-state index contributed by atoms with van der Waals surface area (Å²) in [7, 11) is 1.39. The summed E-state index contributed by atoms with van der Waals surface area (Å²) in [6.45, 7) is 11.0. The summed E-state index contributed by atoms with van der Waals surface area (Å²) in [6.07, 6.45) is 0. The summed E-state index contributed by atoms with van der Waals surface area (Å²) in [4.78, 5) is 12.3. The zero-order valence-electron chi connectivity index (χ0n) is 15.5. The maximum Gasteiger partial charge on any atom is 0.310 e. The van der Waals surface area contributed by atoms with Crippen LogP contribution < -0.4 is 0 Å². The zero-order chi connectivity index (χ0) is 18.4. The number of hydrogen-bond acceptors (Lipinski definition) is 3. The van der Waals surface area contributed by atoms with Gasteiger partial charge in [0.25, 0.3) is 0 Å². The van der Waals surface area contributed by atoms with E-state index in [1.54, 1.807) is 13.8 Å². The van der Waals surface area contributed by atoms with Crippen LogP contribution in [0.25, 0.3) is 0 Å². The third-order valence-corrected chi connectivity index (χ3v) is 6.00. The van der Waals surface area contributed by atoms with Crippen LogP contribution in [0.4, 0.5) is 8.78 Å². The Morgan fingerprint density at radius 2 is 1.42 bits per heavy atom. The molecule has 1 aliphatic rings. The summed E-state index contributed by atoms with van der Waals surface area (Å²) in [5.41, 5.74) is 0.618. The van der Waals surface area contributed by atoms with Gasteiger partial charge in [-0.1, -0.05) is 27.7 Å². The van der Waals surface area contributed by atoms with Crippen LogP contribution in [0.3, 0.4) is 0 Å². The lowest BCUT2D eigenvalue weighted by molar-refractivity contribution is -0.148. The second-order valence-corrected chi connectivity index (χ2v) is 7.75. The van der Waals surface area contributed by atoms with Crippen LogP contribution in [0.2, 0.25) is 0 Å². The first kappa shape index (κ1) is 18.8. The van der Waals surface area contributed by atoms with E-state index in [9.17, 15) is 13.6 Å². The third-order valence-electron chi connectivity index (χ3n) is 6.00.